The van der Waals surface area contributed by atoms with E-state index in [1.54, 1.807) is 7.05 Å². The van der Waals surface area contributed by atoms with E-state index in [-0.39, 0.29) is 5.91 Å². The second-order valence-corrected chi connectivity index (χ2v) is 7.38. The molecule has 2 aromatic carbocycles. The number of nitrogens with one attached hydrogen (secondary N) is 3. The molecule has 1 aliphatic rings. The second kappa shape index (κ2) is 9.96. The molecule has 2 aromatic rings. The lowest BCUT2D eigenvalue weighted by Crippen LogP contribution is -2.44. The number of guanidine groups is 1. The van der Waals surface area contributed by atoms with E-state index in [1.807, 2.05) is 24.3 Å². The van der Waals surface area contributed by atoms with Crippen LogP contribution in [0.5, 0.6) is 0 Å². The van der Waals surface area contributed by atoms with Gasteiger partial charge in [0.25, 0.3) is 5.91 Å². The van der Waals surface area contributed by atoms with E-state index in [9.17, 15) is 4.79 Å². The lowest BCUT2D eigenvalue weighted by molar-refractivity contribution is 0.0963. The third kappa shape index (κ3) is 5.73. The summed E-state index contributed by atoms with van der Waals surface area (Å²) >= 11 is 0. The highest BCUT2D eigenvalue weighted by molar-refractivity contribution is 5.93. The maximum absolute atomic E-state index is 11.7. The Morgan fingerprint density at radius 3 is 2.52 bits per heavy atom. The smallest absolute Gasteiger partial charge is 0.251 e. The molecule has 1 heterocycles. The number of benzene rings is 2. The van der Waals surface area contributed by atoms with Crippen molar-refractivity contribution in [2.75, 3.05) is 31.6 Å². The number of hydrogen-bond acceptors (Lipinski definition) is 3. The van der Waals surface area contributed by atoms with E-state index in [4.69, 9.17) is 4.99 Å². The lowest BCUT2D eigenvalue weighted by Gasteiger charge is -2.20. The van der Waals surface area contributed by atoms with Gasteiger partial charge < -0.3 is 20.9 Å². The highest BCUT2D eigenvalue weighted by atomic mass is 16.1. The summed E-state index contributed by atoms with van der Waals surface area (Å²) in [6.45, 7) is 7.58. The number of aryl methyl sites for hydroxylation is 1. The van der Waals surface area contributed by atoms with Crippen LogP contribution in [0.3, 0.4) is 0 Å². The SMILES string of the molecule is CCNC(=NCc1ccc(C(=O)NC)cc1)NC1CCN(c2ccc(C)cc2)C1. The van der Waals surface area contributed by atoms with Gasteiger partial charge in [-0.1, -0.05) is 29.8 Å². The van der Waals surface area contributed by atoms with Crippen molar-refractivity contribution in [1.82, 2.24) is 16.0 Å². The van der Waals surface area contributed by atoms with Crippen molar-refractivity contribution in [1.29, 1.82) is 0 Å². The lowest BCUT2D eigenvalue weighted by atomic mass is 10.1. The van der Waals surface area contributed by atoms with E-state index < -0.39 is 0 Å². The Morgan fingerprint density at radius 1 is 1.14 bits per heavy atom. The summed E-state index contributed by atoms with van der Waals surface area (Å²) in [6.07, 6.45) is 1.08. The zero-order chi connectivity index (χ0) is 20.6. The zero-order valence-corrected chi connectivity index (χ0v) is 17.5. The molecule has 3 N–H and O–H groups in total. The fraction of sp³-hybridized carbons (Fsp3) is 0.391. The van der Waals surface area contributed by atoms with E-state index in [1.165, 1.54) is 11.3 Å². The van der Waals surface area contributed by atoms with Crippen molar-refractivity contribution in [3.05, 3.63) is 65.2 Å². The van der Waals surface area contributed by atoms with Gasteiger partial charge in [-0.05, 0) is 50.1 Å². The number of aliphatic imine (C=N–C) groups is 1. The van der Waals surface area contributed by atoms with Crippen molar-refractivity contribution >= 4 is 17.6 Å². The Bertz CT molecular complexity index is 829. The van der Waals surface area contributed by atoms with Crippen molar-refractivity contribution in [3.63, 3.8) is 0 Å². The van der Waals surface area contributed by atoms with Gasteiger partial charge in [0.15, 0.2) is 5.96 Å². The highest BCUT2D eigenvalue weighted by Crippen LogP contribution is 2.20. The van der Waals surface area contributed by atoms with Gasteiger partial charge in [0.1, 0.15) is 0 Å². The van der Waals surface area contributed by atoms with Crippen LogP contribution in [-0.2, 0) is 6.54 Å². The maximum Gasteiger partial charge on any atom is 0.251 e. The molecular weight excluding hydrogens is 362 g/mol. The Labute approximate surface area is 173 Å². The average molecular weight is 394 g/mol. The van der Waals surface area contributed by atoms with E-state index in [0.717, 1.165) is 37.6 Å². The highest BCUT2D eigenvalue weighted by Gasteiger charge is 2.23. The monoisotopic (exact) mass is 393 g/mol. The fourth-order valence-electron chi connectivity index (χ4n) is 3.46. The van der Waals surface area contributed by atoms with Crippen LogP contribution in [0, 0.1) is 6.92 Å². The zero-order valence-electron chi connectivity index (χ0n) is 17.5. The van der Waals surface area contributed by atoms with Gasteiger partial charge in [0.2, 0.25) is 0 Å². The fourth-order valence-corrected chi connectivity index (χ4v) is 3.46. The third-order valence-corrected chi connectivity index (χ3v) is 5.14. The molecule has 0 spiro atoms. The number of carbonyl (C=O) groups is 1. The first kappa shape index (κ1) is 20.7. The summed E-state index contributed by atoms with van der Waals surface area (Å²) in [4.78, 5) is 18.8. The molecule has 1 amide bonds. The molecular formula is C23H31N5O. The first-order chi connectivity index (χ1) is 14.1. The predicted octanol–water partition coefficient (Wildman–Crippen LogP) is 2.69. The molecule has 1 atom stereocenters. The molecule has 0 aromatic heterocycles. The van der Waals surface area contributed by atoms with Gasteiger partial charge in [-0.3, -0.25) is 4.79 Å². The Morgan fingerprint density at radius 2 is 1.86 bits per heavy atom. The number of amides is 1. The molecule has 29 heavy (non-hydrogen) atoms. The topological polar surface area (TPSA) is 68.8 Å². The van der Waals surface area contributed by atoms with Crippen LogP contribution < -0.4 is 20.9 Å². The summed E-state index contributed by atoms with van der Waals surface area (Å²) in [5, 5.41) is 9.54. The number of carbonyl (C=O) groups excluding carboxylic acids is 1. The van der Waals surface area contributed by atoms with E-state index in [2.05, 4.69) is 59.0 Å². The number of hydrogen-bond donors (Lipinski definition) is 3. The van der Waals surface area contributed by atoms with Crippen LogP contribution >= 0.6 is 0 Å². The van der Waals surface area contributed by atoms with Crippen LogP contribution in [0.15, 0.2) is 53.5 Å². The van der Waals surface area contributed by atoms with Crippen molar-refractivity contribution in [3.8, 4) is 0 Å². The van der Waals surface area contributed by atoms with Gasteiger partial charge in [0.05, 0.1) is 6.54 Å². The van der Waals surface area contributed by atoms with Crippen LogP contribution in [0.25, 0.3) is 0 Å². The normalized spacial score (nSPS) is 16.6. The van der Waals surface area contributed by atoms with Crippen LogP contribution in [0.1, 0.15) is 34.8 Å². The second-order valence-electron chi connectivity index (χ2n) is 7.38. The molecule has 6 nitrogen and oxygen atoms in total. The summed E-state index contributed by atoms with van der Waals surface area (Å²) < 4.78 is 0. The minimum absolute atomic E-state index is 0.0746. The average Bonchev–Trinajstić information content (AvgIpc) is 3.21. The Balaban J connectivity index is 1.58. The standard InChI is InChI=1S/C23H31N5O/c1-4-25-23(26-15-18-7-9-19(10-8-18)22(29)24-3)27-20-13-14-28(16-20)21-11-5-17(2)6-12-21/h5-12,20H,4,13-16H2,1-3H3,(H,24,29)(H2,25,26,27). The van der Waals surface area contributed by atoms with Crippen molar-refractivity contribution < 1.29 is 4.79 Å². The summed E-state index contributed by atoms with van der Waals surface area (Å²) in [5.74, 6) is 0.757. The third-order valence-electron chi connectivity index (χ3n) is 5.14. The van der Waals surface area contributed by atoms with Gasteiger partial charge in [0, 0.05) is 44.0 Å². The Kier molecular flexibility index (Phi) is 7.11. The maximum atomic E-state index is 11.7. The quantitative estimate of drug-likeness (QED) is 0.521. The molecule has 0 aliphatic carbocycles. The molecule has 1 unspecified atom stereocenters. The van der Waals surface area contributed by atoms with E-state index in [0.29, 0.717) is 18.2 Å². The number of anilines is 1. The molecule has 154 valence electrons. The Hall–Kier alpha value is -3.02. The van der Waals surface area contributed by atoms with Gasteiger partial charge in [-0.25, -0.2) is 4.99 Å². The van der Waals surface area contributed by atoms with Gasteiger partial charge >= 0.3 is 0 Å². The van der Waals surface area contributed by atoms with Crippen molar-refractivity contribution in [2.24, 2.45) is 4.99 Å². The number of rotatable bonds is 6. The molecule has 0 radical (unpaired) electrons. The molecule has 3 rings (SSSR count). The first-order valence-electron chi connectivity index (χ1n) is 10.3. The summed E-state index contributed by atoms with van der Waals surface area (Å²) in [5.41, 5.74) is 4.29. The van der Waals surface area contributed by atoms with Crippen LogP contribution in [-0.4, -0.2) is 44.6 Å². The predicted molar refractivity (Wildman–Crippen MR) is 120 cm³/mol. The molecule has 6 heteroatoms. The van der Waals surface area contributed by atoms with Gasteiger partial charge in [-0.15, -0.1) is 0 Å². The minimum atomic E-state index is -0.0746. The van der Waals surface area contributed by atoms with Crippen molar-refractivity contribution in [2.45, 2.75) is 32.9 Å². The molecule has 1 fully saturated rings. The minimum Gasteiger partial charge on any atom is -0.369 e. The summed E-state index contributed by atoms with van der Waals surface area (Å²) in [7, 11) is 1.64. The molecule has 1 saturated heterocycles. The molecule has 0 saturated carbocycles. The molecule has 1 aliphatic heterocycles. The van der Waals surface area contributed by atoms with Crippen LogP contribution in [0.2, 0.25) is 0 Å². The van der Waals surface area contributed by atoms with Gasteiger partial charge in [-0.2, -0.15) is 0 Å². The number of nitrogens with zero attached hydrogens (tertiary/aromatic N) is 2. The molecule has 0 bridgehead atoms. The summed E-state index contributed by atoms with van der Waals surface area (Å²) in [6, 6.07) is 16.6. The first-order valence-corrected chi connectivity index (χ1v) is 10.3. The van der Waals surface area contributed by atoms with Crippen LogP contribution in [0.4, 0.5) is 5.69 Å². The van der Waals surface area contributed by atoms with E-state index >= 15 is 0 Å². The largest absolute Gasteiger partial charge is 0.369 e.